The summed E-state index contributed by atoms with van der Waals surface area (Å²) in [6.07, 6.45) is 2.40. The average molecular weight is 465 g/mol. The summed E-state index contributed by atoms with van der Waals surface area (Å²) in [6.45, 7) is 16.9. The third-order valence-electron chi connectivity index (χ3n) is 6.87. The Labute approximate surface area is 206 Å². The van der Waals surface area contributed by atoms with Gasteiger partial charge in [-0.1, -0.05) is 103 Å². The molecule has 1 aliphatic heterocycles. The van der Waals surface area contributed by atoms with E-state index in [0.29, 0.717) is 13.1 Å². The molecule has 1 unspecified atom stereocenters. The Morgan fingerprint density at radius 2 is 1.44 bits per heavy atom. The van der Waals surface area contributed by atoms with Gasteiger partial charge in [-0.15, -0.1) is 0 Å². The Kier molecular flexibility index (Phi) is 8.46. The van der Waals surface area contributed by atoms with E-state index in [9.17, 15) is 4.79 Å². The molecule has 0 saturated carbocycles. The molecule has 2 N–H and O–H groups in total. The van der Waals surface area contributed by atoms with E-state index in [4.69, 9.17) is 4.74 Å². The van der Waals surface area contributed by atoms with Gasteiger partial charge in [0.25, 0.3) is 0 Å². The van der Waals surface area contributed by atoms with E-state index in [1.54, 1.807) is 0 Å². The molecule has 0 radical (unpaired) electrons. The molecule has 34 heavy (non-hydrogen) atoms. The van der Waals surface area contributed by atoms with Crippen LogP contribution in [0.4, 0.5) is 4.79 Å². The molecule has 3 rings (SSSR count). The second kappa shape index (κ2) is 10.9. The van der Waals surface area contributed by atoms with Crippen molar-refractivity contribution >= 4 is 6.09 Å². The summed E-state index contributed by atoms with van der Waals surface area (Å²) in [5.74, 6) is 0.194. The van der Waals surface area contributed by atoms with Crippen molar-refractivity contribution in [1.29, 1.82) is 0 Å². The van der Waals surface area contributed by atoms with Crippen LogP contribution in [-0.4, -0.2) is 31.3 Å². The Hall–Kier alpha value is -2.33. The smallest absolute Gasteiger partial charge is 0.407 e. The minimum Gasteiger partial charge on any atom is -0.445 e. The second-order valence-electron chi connectivity index (χ2n) is 11.8. The maximum atomic E-state index is 12.2. The second-order valence-corrected chi connectivity index (χ2v) is 11.8. The van der Waals surface area contributed by atoms with Gasteiger partial charge < -0.3 is 15.4 Å². The molecule has 4 nitrogen and oxygen atoms in total. The van der Waals surface area contributed by atoms with Crippen LogP contribution < -0.4 is 10.6 Å². The molecule has 0 aromatic heterocycles. The van der Waals surface area contributed by atoms with Crippen LogP contribution in [0.3, 0.4) is 0 Å². The third-order valence-corrected chi connectivity index (χ3v) is 6.87. The van der Waals surface area contributed by atoms with Crippen LogP contribution in [0, 0.1) is 0 Å². The van der Waals surface area contributed by atoms with Crippen LogP contribution in [0.15, 0.2) is 48.5 Å². The number of hydrogen-bond donors (Lipinski definition) is 2. The summed E-state index contributed by atoms with van der Waals surface area (Å²) >= 11 is 0. The quantitative estimate of drug-likeness (QED) is 0.450. The minimum atomic E-state index is -0.304. The summed E-state index contributed by atoms with van der Waals surface area (Å²) in [4.78, 5) is 12.2. The molecule has 186 valence electrons. The third kappa shape index (κ3) is 6.85. The number of hydrogen-bond acceptors (Lipinski definition) is 3. The van der Waals surface area contributed by atoms with E-state index in [1.807, 2.05) is 0 Å². The Morgan fingerprint density at radius 3 is 1.88 bits per heavy atom. The predicted molar refractivity (Wildman–Crippen MR) is 142 cm³/mol. The largest absolute Gasteiger partial charge is 0.445 e. The monoisotopic (exact) mass is 464 g/mol. The maximum absolute atomic E-state index is 12.2. The molecule has 1 heterocycles. The standard InChI is InChI=1S/C30H44N2O2/c1-8-9-18-31-28(33)34-25-19-26(32-20-25)27(21-10-14-23(15-11-21)29(2,3)4)22-12-16-24(17-13-22)30(5,6)7/h10-17,25-27,32H,8-9,18-20H2,1-7H3,(H,31,33)/t25-,26?/m1/s1. The highest BCUT2D eigenvalue weighted by atomic mass is 16.6. The first-order valence-electron chi connectivity index (χ1n) is 12.9. The van der Waals surface area contributed by atoms with Crippen LogP contribution in [0.25, 0.3) is 0 Å². The highest BCUT2D eigenvalue weighted by Gasteiger charge is 2.34. The van der Waals surface area contributed by atoms with Crippen LogP contribution in [0.2, 0.25) is 0 Å². The van der Waals surface area contributed by atoms with Gasteiger partial charge in [-0.05, 0) is 39.5 Å². The highest BCUT2D eigenvalue weighted by Crippen LogP contribution is 2.35. The fourth-order valence-electron chi connectivity index (χ4n) is 4.67. The number of alkyl carbamates (subject to hydrolysis) is 1. The minimum absolute atomic E-state index is 0.114. The van der Waals surface area contributed by atoms with E-state index >= 15 is 0 Å². The lowest BCUT2D eigenvalue weighted by molar-refractivity contribution is 0.106. The number of amides is 1. The number of rotatable bonds is 7. The lowest BCUT2D eigenvalue weighted by Crippen LogP contribution is -2.30. The Bertz CT molecular complexity index is 863. The molecule has 1 saturated heterocycles. The van der Waals surface area contributed by atoms with Crippen molar-refractivity contribution in [3.05, 3.63) is 70.8 Å². The number of benzene rings is 2. The number of unbranched alkanes of at least 4 members (excludes halogenated alkanes) is 1. The van der Waals surface area contributed by atoms with Gasteiger partial charge in [-0.2, -0.15) is 0 Å². The van der Waals surface area contributed by atoms with Crippen molar-refractivity contribution in [3.8, 4) is 0 Å². The first-order chi connectivity index (χ1) is 16.0. The maximum Gasteiger partial charge on any atom is 0.407 e. The van der Waals surface area contributed by atoms with Gasteiger partial charge in [0.05, 0.1) is 0 Å². The first-order valence-corrected chi connectivity index (χ1v) is 12.9. The Balaban J connectivity index is 1.82. The molecule has 2 atom stereocenters. The van der Waals surface area contributed by atoms with Crippen molar-refractivity contribution in [1.82, 2.24) is 10.6 Å². The molecule has 2 aromatic rings. The van der Waals surface area contributed by atoms with Crippen LogP contribution in [0.5, 0.6) is 0 Å². The van der Waals surface area contributed by atoms with E-state index in [1.165, 1.54) is 22.3 Å². The first kappa shape index (κ1) is 26.3. The number of ether oxygens (including phenoxy) is 1. The van der Waals surface area contributed by atoms with Crippen LogP contribution in [0.1, 0.15) is 95.9 Å². The van der Waals surface area contributed by atoms with E-state index in [-0.39, 0.29) is 35.0 Å². The van der Waals surface area contributed by atoms with Gasteiger partial charge in [0, 0.05) is 31.5 Å². The predicted octanol–water partition coefficient (Wildman–Crippen LogP) is 6.67. The van der Waals surface area contributed by atoms with Crippen LogP contribution >= 0.6 is 0 Å². The molecule has 1 aliphatic rings. The van der Waals surface area contributed by atoms with Gasteiger partial charge in [-0.25, -0.2) is 4.79 Å². The normalized spacial score (nSPS) is 18.8. The molecular weight excluding hydrogens is 420 g/mol. The molecule has 0 bridgehead atoms. The van der Waals surface area contributed by atoms with Gasteiger partial charge in [0.1, 0.15) is 6.10 Å². The summed E-state index contributed by atoms with van der Waals surface area (Å²) in [5, 5.41) is 6.53. The summed E-state index contributed by atoms with van der Waals surface area (Å²) < 4.78 is 5.73. The zero-order valence-corrected chi connectivity index (χ0v) is 22.2. The zero-order valence-electron chi connectivity index (χ0n) is 22.2. The number of carbonyl (C=O) groups is 1. The Morgan fingerprint density at radius 1 is 0.941 bits per heavy atom. The lowest BCUT2D eigenvalue weighted by atomic mass is 9.80. The summed E-state index contributed by atoms with van der Waals surface area (Å²) in [7, 11) is 0. The molecular formula is C30H44N2O2. The number of nitrogens with one attached hydrogen (secondary N) is 2. The van der Waals surface area contributed by atoms with E-state index in [2.05, 4.69) is 108 Å². The van der Waals surface area contributed by atoms with E-state index < -0.39 is 0 Å². The van der Waals surface area contributed by atoms with Crippen LogP contribution in [-0.2, 0) is 15.6 Å². The lowest BCUT2D eigenvalue weighted by Gasteiger charge is -2.27. The molecule has 2 aromatic carbocycles. The average Bonchev–Trinajstić information content (AvgIpc) is 3.21. The molecule has 1 amide bonds. The van der Waals surface area contributed by atoms with Crippen molar-refractivity contribution in [2.75, 3.05) is 13.1 Å². The fraction of sp³-hybridized carbons (Fsp3) is 0.567. The summed E-state index contributed by atoms with van der Waals surface area (Å²) in [6, 6.07) is 18.3. The van der Waals surface area contributed by atoms with Crippen molar-refractivity contribution in [2.24, 2.45) is 0 Å². The number of carbonyl (C=O) groups excluding carboxylic acids is 1. The zero-order chi connectivity index (χ0) is 24.9. The SMILES string of the molecule is CCCCNC(=O)O[C@H]1CNC(C(c2ccc(C(C)(C)C)cc2)c2ccc(C(C)(C)C)cc2)C1. The summed E-state index contributed by atoms with van der Waals surface area (Å²) in [5.41, 5.74) is 5.50. The van der Waals surface area contributed by atoms with E-state index in [0.717, 1.165) is 19.3 Å². The molecule has 4 heteroatoms. The van der Waals surface area contributed by atoms with Crippen molar-refractivity contribution in [3.63, 3.8) is 0 Å². The van der Waals surface area contributed by atoms with Gasteiger partial charge in [0.15, 0.2) is 0 Å². The van der Waals surface area contributed by atoms with Gasteiger partial charge in [0.2, 0.25) is 0 Å². The molecule has 0 spiro atoms. The van der Waals surface area contributed by atoms with Gasteiger partial charge >= 0.3 is 6.09 Å². The topological polar surface area (TPSA) is 50.4 Å². The van der Waals surface area contributed by atoms with Gasteiger partial charge in [-0.3, -0.25) is 0 Å². The fourth-order valence-corrected chi connectivity index (χ4v) is 4.67. The molecule has 1 fully saturated rings. The van der Waals surface area contributed by atoms with Crippen molar-refractivity contribution in [2.45, 2.75) is 96.6 Å². The highest BCUT2D eigenvalue weighted by molar-refractivity contribution is 5.67. The molecule has 0 aliphatic carbocycles. The van der Waals surface area contributed by atoms with Crippen molar-refractivity contribution < 1.29 is 9.53 Å².